The van der Waals surface area contributed by atoms with Crippen LogP contribution in [-0.2, 0) is 16.1 Å². The lowest BCUT2D eigenvalue weighted by molar-refractivity contribution is 0.0106. The van der Waals surface area contributed by atoms with Gasteiger partial charge in [-0.1, -0.05) is 18.2 Å². The second-order valence-electron chi connectivity index (χ2n) is 10.7. The fraction of sp³-hybridized carbons (Fsp3) is 0.424. The van der Waals surface area contributed by atoms with Gasteiger partial charge < -0.3 is 39.2 Å². The van der Waals surface area contributed by atoms with Crippen LogP contribution in [0, 0.1) is 11.6 Å². The number of carbonyl (C=O) groups excluding carboxylic acids is 1. The highest BCUT2D eigenvalue weighted by atomic mass is 19.1. The summed E-state index contributed by atoms with van der Waals surface area (Å²) < 4.78 is 55.1. The number of ether oxygens (including phenoxy) is 5. The molecule has 0 spiro atoms. The van der Waals surface area contributed by atoms with E-state index in [0.29, 0.717) is 39.3 Å². The Kier molecular flexibility index (Phi) is 11.1. The molecule has 0 radical (unpaired) electrons. The van der Waals surface area contributed by atoms with E-state index in [2.05, 4.69) is 38.5 Å². The van der Waals surface area contributed by atoms with Crippen molar-refractivity contribution in [2.75, 3.05) is 64.6 Å². The van der Waals surface area contributed by atoms with Gasteiger partial charge in [0, 0.05) is 38.0 Å². The van der Waals surface area contributed by atoms with Crippen LogP contribution in [0.3, 0.4) is 0 Å². The first-order valence-electron chi connectivity index (χ1n) is 15.0. The molecule has 3 aromatic carbocycles. The molecule has 44 heavy (non-hydrogen) atoms. The predicted octanol–water partition coefficient (Wildman–Crippen LogP) is 5.03. The molecule has 9 nitrogen and oxygen atoms in total. The van der Waals surface area contributed by atoms with Gasteiger partial charge in [-0.05, 0) is 60.5 Å². The Hall–Kier alpha value is -4.09. The number of nitrogens with zero attached hydrogens (tertiary/aromatic N) is 1. The Labute approximate surface area is 256 Å². The monoisotopic (exact) mass is 611 g/mol. The van der Waals surface area contributed by atoms with Crippen LogP contribution in [0.25, 0.3) is 0 Å². The molecule has 2 heterocycles. The topological polar surface area (TPSA) is 90.5 Å². The van der Waals surface area contributed by atoms with Crippen LogP contribution in [0.5, 0.6) is 17.2 Å². The van der Waals surface area contributed by atoms with Gasteiger partial charge in [0.25, 0.3) is 0 Å². The quantitative estimate of drug-likeness (QED) is 0.260. The molecule has 2 aliphatic rings. The van der Waals surface area contributed by atoms with Gasteiger partial charge in [0.1, 0.15) is 23.9 Å². The number of benzene rings is 3. The molecular formula is C33H39F2N3O6. The molecule has 1 saturated heterocycles. The average Bonchev–Trinajstić information content (AvgIpc) is 3.05. The van der Waals surface area contributed by atoms with Crippen molar-refractivity contribution in [3.63, 3.8) is 0 Å². The van der Waals surface area contributed by atoms with Crippen LogP contribution in [0.2, 0.25) is 0 Å². The van der Waals surface area contributed by atoms with Gasteiger partial charge >= 0.3 is 6.09 Å². The van der Waals surface area contributed by atoms with Gasteiger partial charge in [0.05, 0.1) is 45.3 Å². The molecule has 1 fully saturated rings. The van der Waals surface area contributed by atoms with E-state index in [1.54, 1.807) is 0 Å². The van der Waals surface area contributed by atoms with Crippen molar-refractivity contribution in [2.24, 2.45) is 0 Å². The van der Waals surface area contributed by atoms with Crippen LogP contribution in [-0.4, -0.2) is 71.9 Å². The zero-order chi connectivity index (χ0) is 30.7. The number of amides is 1. The summed E-state index contributed by atoms with van der Waals surface area (Å²) in [7, 11) is 1.35. The summed E-state index contributed by atoms with van der Waals surface area (Å²) >= 11 is 0. The smallest absolute Gasteiger partial charge is 0.406 e. The number of rotatable bonds is 13. The van der Waals surface area contributed by atoms with Crippen molar-refractivity contribution >= 4 is 11.8 Å². The minimum atomic E-state index is -0.589. The molecule has 0 saturated carbocycles. The SMILES string of the molecule is COC(=O)NCCN1CCOc2ccc(CO[C@H]3CNCC[C@@H]3c3ccc(OCCCOc4cc(F)ccc4F)cc3)cc21. The number of anilines is 1. The van der Waals surface area contributed by atoms with Gasteiger partial charge in [0.2, 0.25) is 0 Å². The molecule has 2 N–H and O–H groups in total. The van der Waals surface area contributed by atoms with Crippen LogP contribution >= 0.6 is 0 Å². The lowest BCUT2D eigenvalue weighted by Gasteiger charge is -2.33. The van der Waals surface area contributed by atoms with E-state index < -0.39 is 17.7 Å². The highest BCUT2D eigenvalue weighted by Crippen LogP contribution is 2.34. The van der Waals surface area contributed by atoms with E-state index in [0.717, 1.165) is 67.0 Å². The Morgan fingerprint density at radius 1 is 1.07 bits per heavy atom. The van der Waals surface area contributed by atoms with Crippen LogP contribution < -0.4 is 29.7 Å². The molecule has 0 bridgehead atoms. The van der Waals surface area contributed by atoms with Gasteiger partial charge in [-0.2, -0.15) is 0 Å². The largest absolute Gasteiger partial charge is 0.493 e. The van der Waals surface area contributed by atoms with Crippen molar-refractivity contribution in [3.8, 4) is 17.2 Å². The number of piperidine rings is 1. The maximum absolute atomic E-state index is 13.7. The molecule has 5 rings (SSSR count). The number of fused-ring (bicyclic) bond motifs is 1. The summed E-state index contributed by atoms with van der Waals surface area (Å²) in [5.41, 5.74) is 3.24. The van der Waals surface area contributed by atoms with Crippen molar-refractivity contribution < 1.29 is 37.3 Å². The number of halogens is 2. The first-order chi connectivity index (χ1) is 21.5. The van der Waals surface area contributed by atoms with E-state index in [9.17, 15) is 13.6 Å². The number of hydrogen-bond acceptors (Lipinski definition) is 8. The first-order valence-corrected chi connectivity index (χ1v) is 15.0. The van der Waals surface area contributed by atoms with E-state index in [1.807, 2.05) is 24.3 Å². The fourth-order valence-corrected chi connectivity index (χ4v) is 5.43. The van der Waals surface area contributed by atoms with Crippen molar-refractivity contribution in [2.45, 2.75) is 31.5 Å². The summed E-state index contributed by atoms with van der Waals surface area (Å²) in [4.78, 5) is 13.6. The zero-order valence-electron chi connectivity index (χ0n) is 24.9. The minimum Gasteiger partial charge on any atom is -0.493 e. The third-order valence-electron chi connectivity index (χ3n) is 7.73. The predicted molar refractivity (Wildman–Crippen MR) is 162 cm³/mol. The average molecular weight is 612 g/mol. The molecule has 11 heteroatoms. The second-order valence-corrected chi connectivity index (χ2v) is 10.7. The molecule has 236 valence electrons. The van der Waals surface area contributed by atoms with Gasteiger partial charge in [0.15, 0.2) is 11.6 Å². The Balaban J connectivity index is 1.11. The van der Waals surface area contributed by atoms with E-state index in [-0.39, 0.29) is 24.4 Å². The van der Waals surface area contributed by atoms with Gasteiger partial charge in [-0.15, -0.1) is 0 Å². The van der Waals surface area contributed by atoms with E-state index in [1.165, 1.54) is 12.7 Å². The maximum Gasteiger partial charge on any atom is 0.406 e. The number of alkyl carbamates (subject to hydrolysis) is 1. The Bertz CT molecular complexity index is 1380. The summed E-state index contributed by atoms with van der Waals surface area (Å²) in [5.74, 6) is 0.573. The third kappa shape index (κ3) is 8.51. The lowest BCUT2D eigenvalue weighted by atomic mass is 9.87. The summed E-state index contributed by atoms with van der Waals surface area (Å²) in [5, 5.41) is 6.19. The van der Waals surface area contributed by atoms with Gasteiger partial charge in [-0.3, -0.25) is 0 Å². The molecule has 1 amide bonds. The minimum absolute atomic E-state index is 0.00327. The molecule has 3 aromatic rings. The molecule has 0 unspecified atom stereocenters. The highest BCUT2D eigenvalue weighted by Gasteiger charge is 2.27. The van der Waals surface area contributed by atoms with Crippen LogP contribution in [0.4, 0.5) is 19.3 Å². The molecule has 2 atom stereocenters. The number of nitrogens with one attached hydrogen (secondary N) is 2. The molecule has 2 aliphatic heterocycles. The van der Waals surface area contributed by atoms with E-state index >= 15 is 0 Å². The van der Waals surface area contributed by atoms with Gasteiger partial charge in [-0.25, -0.2) is 13.6 Å². The Morgan fingerprint density at radius 2 is 1.91 bits per heavy atom. The first kappa shape index (κ1) is 31.3. The summed E-state index contributed by atoms with van der Waals surface area (Å²) in [6.45, 7) is 5.18. The third-order valence-corrected chi connectivity index (χ3v) is 7.73. The fourth-order valence-electron chi connectivity index (χ4n) is 5.43. The van der Waals surface area contributed by atoms with Crippen molar-refractivity contribution in [1.29, 1.82) is 0 Å². The van der Waals surface area contributed by atoms with Crippen LogP contribution in [0.1, 0.15) is 29.9 Å². The van der Waals surface area contributed by atoms with E-state index in [4.69, 9.17) is 18.9 Å². The number of hydrogen-bond donors (Lipinski definition) is 2. The second kappa shape index (κ2) is 15.6. The molecular weight excluding hydrogens is 572 g/mol. The maximum atomic E-state index is 13.7. The van der Waals surface area contributed by atoms with Crippen molar-refractivity contribution in [3.05, 3.63) is 83.4 Å². The standard InChI is InChI=1S/C33H39F2N3O6/c1-40-33(39)37-13-14-38-15-18-43-30-10-3-23(19-29(30)38)22-44-32-21-36-12-11-27(32)24-4-7-26(8-5-24)41-16-2-17-42-31-20-25(34)6-9-28(31)35/h3-10,19-20,27,32,36H,2,11-18,21-22H2,1H3,(H,37,39)/t27-,32+/m1/s1. The lowest BCUT2D eigenvalue weighted by Crippen LogP contribution is -2.41. The molecule has 0 aromatic heterocycles. The summed E-state index contributed by atoms with van der Waals surface area (Å²) in [6, 6.07) is 17.3. The zero-order valence-corrected chi connectivity index (χ0v) is 24.9. The number of methoxy groups -OCH3 is 1. The molecule has 0 aliphatic carbocycles. The van der Waals surface area contributed by atoms with Crippen LogP contribution in [0.15, 0.2) is 60.7 Å². The normalized spacial score (nSPS) is 17.8. The van der Waals surface area contributed by atoms with Crippen molar-refractivity contribution in [1.82, 2.24) is 10.6 Å². The highest BCUT2D eigenvalue weighted by molar-refractivity contribution is 5.67. The summed E-state index contributed by atoms with van der Waals surface area (Å²) in [6.07, 6.45) is 1.04. The number of carbonyl (C=O) groups is 1. The Morgan fingerprint density at radius 3 is 2.75 bits per heavy atom.